The summed E-state index contributed by atoms with van der Waals surface area (Å²) in [5, 5.41) is 7.04. The number of halogens is 1. The molecule has 0 aliphatic carbocycles. The molecule has 0 atom stereocenters. The number of hydrogen-bond acceptors (Lipinski definition) is 6. The number of aromatic nitrogens is 1. The number of benzene rings is 1. The molecule has 1 N–H and O–H groups in total. The maximum atomic E-state index is 12.5. The average molecular weight is 428 g/mol. The summed E-state index contributed by atoms with van der Waals surface area (Å²) in [7, 11) is -0.821. The first-order chi connectivity index (χ1) is 12.3. The molecule has 2 aromatic heterocycles. The molecule has 0 fully saturated rings. The van der Waals surface area contributed by atoms with Crippen molar-refractivity contribution in [2.75, 3.05) is 19.4 Å². The predicted octanol–water partition coefficient (Wildman–Crippen LogP) is 4.03. The van der Waals surface area contributed by atoms with Crippen LogP contribution in [-0.4, -0.2) is 37.7 Å². The smallest absolute Gasteiger partial charge is 0.259 e. The first-order valence-corrected chi connectivity index (χ1v) is 10.9. The summed E-state index contributed by atoms with van der Waals surface area (Å²) in [6.07, 6.45) is 0. The Morgan fingerprint density at radius 2 is 2.00 bits per heavy atom. The van der Waals surface area contributed by atoms with Gasteiger partial charge in [0, 0.05) is 19.5 Å². The molecule has 0 aliphatic heterocycles. The summed E-state index contributed by atoms with van der Waals surface area (Å²) in [6.45, 7) is 0. The van der Waals surface area contributed by atoms with Crippen molar-refractivity contribution < 1.29 is 13.2 Å². The van der Waals surface area contributed by atoms with E-state index in [4.69, 9.17) is 11.6 Å². The van der Waals surface area contributed by atoms with E-state index in [0.29, 0.717) is 5.13 Å². The lowest BCUT2D eigenvalue weighted by molar-refractivity contribution is 0.102. The topological polar surface area (TPSA) is 79.4 Å². The van der Waals surface area contributed by atoms with Crippen molar-refractivity contribution in [3.63, 3.8) is 0 Å². The van der Waals surface area contributed by atoms with Gasteiger partial charge in [0.1, 0.15) is 0 Å². The third kappa shape index (κ3) is 3.81. The Labute approximate surface area is 164 Å². The van der Waals surface area contributed by atoms with E-state index in [-0.39, 0.29) is 15.5 Å². The van der Waals surface area contributed by atoms with E-state index >= 15 is 0 Å². The van der Waals surface area contributed by atoms with Crippen LogP contribution in [0.4, 0.5) is 5.13 Å². The summed E-state index contributed by atoms with van der Waals surface area (Å²) >= 11 is 8.93. The van der Waals surface area contributed by atoms with Crippen LogP contribution >= 0.6 is 34.3 Å². The molecule has 1 amide bonds. The number of anilines is 1. The minimum absolute atomic E-state index is 0.00420. The van der Waals surface area contributed by atoms with Crippen LogP contribution in [0.15, 0.2) is 46.0 Å². The second-order valence-electron chi connectivity index (χ2n) is 5.40. The lowest BCUT2D eigenvalue weighted by Gasteiger charge is -2.13. The van der Waals surface area contributed by atoms with Crippen LogP contribution in [0.5, 0.6) is 0 Å². The summed E-state index contributed by atoms with van der Waals surface area (Å²) in [6, 6.07) is 7.89. The van der Waals surface area contributed by atoms with E-state index in [0.717, 1.165) is 14.9 Å². The third-order valence-electron chi connectivity index (χ3n) is 3.46. The zero-order valence-corrected chi connectivity index (χ0v) is 17.0. The molecule has 0 saturated heterocycles. The standard InChI is InChI=1S/C16H14ClN3O3S3/c1-20(2)26(22,23)10-5-6-12(17)11(8-10)15(21)19-16-18-13(9-25-16)14-4-3-7-24-14/h3-9H,1-2H3,(H,18,19,21). The monoisotopic (exact) mass is 427 g/mol. The number of carbonyl (C=O) groups excluding carboxylic acids is 1. The van der Waals surface area contributed by atoms with E-state index < -0.39 is 15.9 Å². The second-order valence-corrected chi connectivity index (χ2v) is 9.76. The summed E-state index contributed by atoms with van der Waals surface area (Å²) in [4.78, 5) is 17.9. The van der Waals surface area contributed by atoms with Crippen LogP contribution in [-0.2, 0) is 10.0 Å². The lowest BCUT2D eigenvalue weighted by atomic mass is 10.2. The number of carbonyl (C=O) groups is 1. The molecule has 6 nitrogen and oxygen atoms in total. The highest BCUT2D eigenvalue weighted by Crippen LogP contribution is 2.29. The zero-order chi connectivity index (χ0) is 18.9. The lowest BCUT2D eigenvalue weighted by Crippen LogP contribution is -2.23. The van der Waals surface area contributed by atoms with Crippen molar-refractivity contribution >= 4 is 55.3 Å². The molecule has 26 heavy (non-hydrogen) atoms. The van der Waals surface area contributed by atoms with Gasteiger partial charge in [0.25, 0.3) is 5.91 Å². The van der Waals surface area contributed by atoms with Gasteiger partial charge in [-0.15, -0.1) is 22.7 Å². The predicted molar refractivity (Wildman–Crippen MR) is 106 cm³/mol. The van der Waals surface area contributed by atoms with Gasteiger partial charge in [-0.25, -0.2) is 17.7 Å². The third-order valence-corrected chi connectivity index (χ3v) is 7.25. The summed E-state index contributed by atoms with van der Waals surface area (Å²) in [5.41, 5.74) is 0.845. The zero-order valence-electron chi connectivity index (χ0n) is 13.8. The normalized spacial score (nSPS) is 11.7. The number of amides is 1. The van der Waals surface area contributed by atoms with Crippen molar-refractivity contribution in [3.05, 3.63) is 51.7 Å². The Hall–Kier alpha value is -1.78. The van der Waals surface area contributed by atoms with Crippen molar-refractivity contribution in [2.45, 2.75) is 4.90 Å². The van der Waals surface area contributed by atoms with Crippen LogP contribution in [0.1, 0.15) is 10.4 Å². The summed E-state index contributed by atoms with van der Waals surface area (Å²) < 4.78 is 25.6. The van der Waals surface area contributed by atoms with Crippen molar-refractivity contribution in [1.82, 2.24) is 9.29 Å². The molecule has 0 spiro atoms. The molecule has 0 aliphatic rings. The van der Waals surface area contributed by atoms with E-state index in [1.165, 1.54) is 43.6 Å². The van der Waals surface area contributed by atoms with Crippen molar-refractivity contribution in [1.29, 1.82) is 0 Å². The first-order valence-electron chi connectivity index (χ1n) is 7.32. The number of rotatable bonds is 5. The van der Waals surface area contributed by atoms with Gasteiger partial charge in [-0.05, 0) is 29.6 Å². The minimum Gasteiger partial charge on any atom is -0.298 e. The number of hydrogen-bond donors (Lipinski definition) is 1. The fourth-order valence-corrected chi connectivity index (χ4v) is 4.68. The minimum atomic E-state index is -3.66. The first kappa shape index (κ1) is 19.0. The molecular formula is C16H14ClN3O3S3. The number of sulfonamides is 1. The molecular weight excluding hydrogens is 414 g/mol. The van der Waals surface area contributed by atoms with Gasteiger partial charge in [-0.3, -0.25) is 10.1 Å². The molecule has 0 unspecified atom stereocenters. The second kappa shape index (κ2) is 7.45. The van der Waals surface area contributed by atoms with E-state index in [1.54, 1.807) is 11.3 Å². The molecule has 3 rings (SSSR count). The Morgan fingerprint density at radius 1 is 1.23 bits per heavy atom. The van der Waals surface area contributed by atoms with E-state index in [9.17, 15) is 13.2 Å². The Kier molecular flexibility index (Phi) is 5.44. The average Bonchev–Trinajstić information content (AvgIpc) is 3.25. The van der Waals surface area contributed by atoms with Crippen LogP contribution in [0, 0.1) is 0 Å². The molecule has 0 bridgehead atoms. The van der Waals surface area contributed by atoms with Crippen molar-refractivity contribution in [2.24, 2.45) is 0 Å². The van der Waals surface area contributed by atoms with Crippen molar-refractivity contribution in [3.8, 4) is 10.6 Å². The largest absolute Gasteiger partial charge is 0.298 e. The van der Waals surface area contributed by atoms with Gasteiger partial charge in [0.2, 0.25) is 10.0 Å². The highest BCUT2D eigenvalue weighted by Gasteiger charge is 2.21. The van der Waals surface area contributed by atoms with Crippen LogP contribution in [0.2, 0.25) is 5.02 Å². The van der Waals surface area contributed by atoms with Crippen LogP contribution in [0.3, 0.4) is 0 Å². The maximum absolute atomic E-state index is 12.5. The molecule has 136 valence electrons. The maximum Gasteiger partial charge on any atom is 0.259 e. The van der Waals surface area contributed by atoms with Crippen LogP contribution < -0.4 is 5.32 Å². The fraction of sp³-hybridized carbons (Fsp3) is 0.125. The quantitative estimate of drug-likeness (QED) is 0.666. The molecule has 2 heterocycles. The Balaban J connectivity index is 1.86. The molecule has 0 saturated carbocycles. The SMILES string of the molecule is CN(C)S(=O)(=O)c1ccc(Cl)c(C(=O)Nc2nc(-c3cccs3)cs2)c1. The van der Waals surface area contributed by atoms with Gasteiger partial charge in [0.15, 0.2) is 5.13 Å². The number of nitrogens with one attached hydrogen (secondary N) is 1. The van der Waals surface area contributed by atoms with Gasteiger partial charge < -0.3 is 0 Å². The van der Waals surface area contributed by atoms with Gasteiger partial charge >= 0.3 is 0 Å². The highest BCUT2D eigenvalue weighted by atomic mass is 35.5. The Bertz CT molecular complexity index is 1040. The van der Waals surface area contributed by atoms with E-state index in [2.05, 4.69) is 10.3 Å². The van der Waals surface area contributed by atoms with Crippen LogP contribution in [0.25, 0.3) is 10.6 Å². The van der Waals surface area contributed by atoms with Gasteiger partial charge in [-0.1, -0.05) is 17.7 Å². The van der Waals surface area contributed by atoms with Gasteiger partial charge in [0.05, 0.1) is 26.1 Å². The fourth-order valence-electron chi connectivity index (χ4n) is 2.08. The molecule has 3 aromatic rings. The number of thiazole rings is 1. The molecule has 0 radical (unpaired) electrons. The van der Waals surface area contributed by atoms with E-state index in [1.807, 2.05) is 22.9 Å². The van der Waals surface area contributed by atoms with Gasteiger partial charge in [-0.2, -0.15) is 0 Å². The number of thiophene rings is 1. The molecule has 1 aromatic carbocycles. The summed E-state index contributed by atoms with van der Waals surface area (Å²) in [5.74, 6) is -0.516. The molecule has 10 heteroatoms. The highest BCUT2D eigenvalue weighted by molar-refractivity contribution is 7.89. The number of nitrogens with zero attached hydrogens (tertiary/aromatic N) is 2. The Morgan fingerprint density at radius 3 is 2.65 bits per heavy atom.